The van der Waals surface area contributed by atoms with Gasteiger partial charge in [-0.3, -0.25) is 9.36 Å². The number of amides is 1. The van der Waals surface area contributed by atoms with Crippen molar-refractivity contribution in [1.29, 1.82) is 0 Å². The summed E-state index contributed by atoms with van der Waals surface area (Å²) in [4.78, 5) is 12.3. The van der Waals surface area contributed by atoms with Crippen LogP contribution in [0.5, 0.6) is 0 Å². The lowest BCUT2D eigenvalue weighted by Crippen LogP contribution is -2.19. The first kappa shape index (κ1) is 21.2. The van der Waals surface area contributed by atoms with Crippen LogP contribution in [-0.2, 0) is 11.0 Å². The molecule has 1 N–H and O–H groups in total. The summed E-state index contributed by atoms with van der Waals surface area (Å²) in [5.41, 5.74) is 0.405. The van der Waals surface area contributed by atoms with Crippen molar-refractivity contribution in [3.8, 4) is 5.69 Å². The highest BCUT2D eigenvalue weighted by atomic mass is 35.5. The van der Waals surface area contributed by atoms with Crippen molar-refractivity contribution in [2.45, 2.75) is 25.2 Å². The number of hydrogen-bond acceptors (Lipinski definition) is 4. The number of carbonyl (C=O) groups excluding carboxylic acids is 1. The summed E-state index contributed by atoms with van der Waals surface area (Å²) < 4.78 is 41.3. The van der Waals surface area contributed by atoms with E-state index >= 15 is 0 Å². The molecule has 0 aliphatic rings. The second-order valence-corrected chi connectivity index (χ2v) is 7.50. The third-order valence-corrected chi connectivity index (χ3v) is 5.31. The number of carbonyl (C=O) groups is 1. The minimum atomic E-state index is -4.64. The van der Waals surface area contributed by atoms with Crippen molar-refractivity contribution in [2.24, 2.45) is 0 Å². The second-order valence-electron chi connectivity index (χ2n) is 6.15. The Labute approximate surface area is 174 Å². The zero-order chi connectivity index (χ0) is 21.2. The van der Waals surface area contributed by atoms with E-state index < -0.39 is 23.3 Å². The molecule has 0 spiro atoms. The molecule has 5 nitrogen and oxygen atoms in total. The number of nitrogens with zero attached hydrogens (tertiary/aromatic N) is 3. The summed E-state index contributed by atoms with van der Waals surface area (Å²) in [6, 6.07) is 11.0. The smallest absolute Gasteiger partial charge is 0.324 e. The standard InChI is InChI=1S/C19H16ClF3N4OS/c1-11-6-3-4-9-15(11)27-12(2)25-26-18(27)29-10-16(28)24-17-13(19(21,22)23)7-5-8-14(17)20/h3-9H,10H2,1-2H3,(H,24,28). The van der Waals surface area contributed by atoms with Crippen molar-refractivity contribution >= 4 is 35.0 Å². The predicted octanol–water partition coefficient (Wildman–Crippen LogP) is 5.29. The van der Waals surface area contributed by atoms with Gasteiger partial charge >= 0.3 is 6.18 Å². The normalized spacial score (nSPS) is 11.5. The third-order valence-electron chi connectivity index (χ3n) is 4.07. The van der Waals surface area contributed by atoms with Gasteiger partial charge in [0.25, 0.3) is 0 Å². The second kappa shape index (κ2) is 8.46. The first-order valence-electron chi connectivity index (χ1n) is 8.45. The Bertz CT molecular complexity index is 1050. The molecular formula is C19H16ClF3N4OS. The van der Waals surface area contributed by atoms with E-state index in [0.29, 0.717) is 11.0 Å². The van der Waals surface area contributed by atoms with Crippen LogP contribution in [0.15, 0.2) is 47.6 Å². The summed E-state index contributed by atoms with van der Waals surface area (Å²) in [7, 11) is 0. The summed E-state index contributed by atoms with van der Waals surface area (Å²) in [6.07, 6.45) is -4.64. The average Bonchev–Trinajstić information content (AvgIpc) is 3.01. The molecular weight excluding hydrogens is 425 g/mol. The zero-order valence-electron chi connectivity index (χ0n) is 15.4. The fourth-order valence-corrected chi connectivity index (χ4v) is 3.73. The van der Waals surface area contributed by atoms with E-state index in [9.17, 15) is 18.0 Å². The van der Waals surface area contributed by atoms with Gasteiger partial charge in [-0.25, -0.2) is 0 Å². The largest absolute Gasteiger partial charge is 0.418 e. The van der Waals surface area contributed by atoms with Crippen molar-refractivity contribution in [3.63, 3.8) is 0 Å². The highest BCUT2D eigenvalue weighted by Gasteiger charge is 2.34. The zero-order valence-corrected chi connectivity index (χ0v) is 17.0. The lowest BCUT2D eigenvalue weighted by Gasteiger charge is -2.15. The minimum Gasteiger partial charge on any atom is -0.324 e. The monoisotopic (exact) mass is 440 g/mol. The maximum Gasteiger partial charge on any atom is 0.418 e. The number of aromatic nitrogens is 3. The van der Waals surface area contributed by atoms with Crippen molar-refractivity contribution < 1.29 is 18.0 Å². The topological polar surface area (TPSA) is 59.8 Å². The molecule has 1 amide bonds. The van der Waals surface area contributed by atoms with Crippen LogP contribution < -0.4 is 5.32 Å². The number of nitrogens with one attached hydrogen (secondary N) is 1. The molecule has 0 radical (unpaired) electrons. The van der Waals surface area contributed by atoms with Gasteiger partial charge < -0.3 is 5.32 Å². The molecule has 3 aromatic rings. The lowest BCUT2D eigenvalue weighted by molar-refractivity contribution is -0.137. The fourth-order valence-electron chi connectivity index (χ4n) is 2.72. The number of halogens is 4. The highest BCUT2D eigenvalue weighted by Crippen LogP contribution is 2.38. The van der Waals surface area contributed by atoms with E-state index in [1.807, 2.05) is 31.2 Å². The van der Waals surface area contributed by atoms with E-state index in [0.717, 1.165) is 29.1 Å². The number of hydrogen-bond donors (Lipinski definition) is 1. The van der Waals surface area contributed by atoms with Gasteiger partial charge in [0.05, 0.1) is 27.7 Å². The molecule has 1 heterocycles. The van der Waals surface area contributed by atoms with Gasteiger partial charge in [0, 0.05) is 0 Å². The van der Waals surface area contributed by atoms with Gasteiger partial charge in [0.1, 0.15) is 5.82 Å². The molecule has 0 aliphatic carbocycles. The SMILES string of the molecule is Cc1ccccc1-n1c(C)nnc1SCC(=O)Nc1c(Cl)cccc1C(F)(F)F. The molecule has 10 heteroatoms. The molecule has 0 saturated carbocycles. The number of anilines is 1. The first-order chi connectivity index (χ1) is 13.7. The number of para-hydroxylation sites is 2. The van der Waals surface area contributed by atoms with Crippen LogP contribution in [0.1, 0.15) is 17.0 Å². The number of benzene rings is 2. The molecule has 2 aromatic carbocycles. The Morgan fingerprint density at radius 3 is 2.55 bits per heavy atom. The van der Waals surface area contributed by atoms with Crippen LogP contribution in [0.25, 0.3) is 5.69 Å². The van der Waals surface area contributed by atoms with Gasteiger partial charge in [-0.15, -0.1) is 10.2 Å². The third kappa shape index (κ3) is 4.73. The maximum absolute atomic E-state index is 13.2. The number of alkyl halides is 3. The number of aryl methyl sites for hydroxylation is 2. The van der Waals surface area contributed by atoms with Gasteiger partial charge in [0.15, 0.2) is 5.16 Å². The van der Waals surface area contributed by atoms with E-state index in [2.05, 4.69) is 15.5 Å². The fraction of sp³-hybridized carbons (Fsp3) is 0.211. The maximum atomic E-state index is 13.2. The molecule has 1 aromatic heterocycles. The minimum absolute atomic E-state index is 0.160. The van der Waals surface area contributed by atoms with Gasteiger partial charge in [-0.1, -0.05) is 47.6 Å². The Morgan fingerprint density at radius 1 is 1.14 bits per heavy atom. The van der Waals surface area contributed by atoms with Crippen LogP contribution in [0.2, 0.25) is 5.02 Å². The van der Waals surface area contributed by atoms with Gasteiger partial charge in [-0.2, -0.15) is 13.2 Å². The summed E-state index contributed by atoms with van der Waals surface area (Å²) in [5, 5.41) is 10.7. The Balaban J connectivity index is 1.78. The average molecular weight is 441 g/mol. The van der Waals surface area contributed by atoms with Crippen LogP contribution in [0.3, 0.4) is 0 Å². The van der Waals surface area contributed by atoms with Crippen LogP contribution >= 0.6 is 23.4 Å². The Morgan fingerprint density at radius 2 is 1.86 bits per heavy atom. The highest BCUT2D eigenvalue weighted by molar-refractivity contribution is 7.99. The summed E-state index contributed by atoms with van der Waals surface area (Å²) in [6.45, 7) is 3.72. The van der Waals surface area contributed by atoms with E-state index in [-0.39, 0.29) is 10.8 Å². The molecule has 0 aliphatic heterocycles. The summed E-state index contributed by atoms with van der Waals surface area (Å²) >= 11 is 6.95. The number of thioether (sulfide) groups is 1. The van der Waals surface area contributed by atoms with Crippen molar-refractivity contribution in [1.82, 2.24) is 14.8 Å². The Kier molecular flexibility index (Phi) is 6.18. The van der Waals surface area contributed by atoms with Gasteiger partial charge in [-0.05, 0) is 37.6 Å². The molecule has 0 saturated heterocycles. The summed E-state index contributed by atoms with van der Waals surface area (Å²) in [5.74, 6) is -0.162. The lowest BCUT2D eigenvalue weighted by atomic mass is 10.1. The predicted molar refractivity (Wildman–Crippen MR) is 107 cm³/mol. The molecule has 0 atom stereocenters. The Hall–Kier alpha value is -2.52. The van der Waals surface area contributed by atoms with Crippen LogP contribution in [0, 0.1) is 13.8 Å². The van der Waals surface area contributed by atoms with E-state index in [1.165, 1.54) is 12.1 Å². The molecule has 152 valence electrons. The number of rotatable bonds is 5. The molecule has 0 fully saturated rings. The quantitative estimate of drug-likeness (QED) is 0.548. The van der Waals surface area contributed by atoms with E-state index in [4.69, 9.17) is 11.6 Å². The van der Waals surface area contributed by atoms with E-state index in [1.54, 1.807) is 11.5 Å². The van der Waals surface area contributed by atoms with Crippen LogP contribution in [0.4, 0.5) is 18.9 Å². The first-order valence-corrected chi connectivity index (χ1v) is 9.81. The molecule has 0 unspecified atom stereocenters. The van der Waals surface area contributed by atoms with Gasteiger partial charge in [0.2, 0.25) is 5.91 Å². The molecule has 3 rings (SSSR count). The van der Waals surface area contributed by atoms with Crippen molar-refractivity contribution in [3.05, 3.63) is 64.4 Å². The van der Waals surface area contributed by atoms with Crippen LogP contribution in [-0.4, -0.2) is 26.4 Å². The van der Waals surface area contributed by atoms with Crippen molar-refractivity contribution in [2.75, 3.05) is 11.1 Å². The molecule has 0 bridgehead atoms. The molecule has 29 heavy (non-hydrogen) atoms.